The molecule has 4 heteroatoms. The van der Waals surface area contributed by atoms with Crippen LogP contribution in [0.25, 0.3) is 11.0 Å². The molecular formula is C17H13NO3. The van der Waals surface area contributed by atoms with Gasteiger partial charge in [-0.3, -0.25) is 4.79 Å². The van der Waals surface area contributed by atoms with Crippen LogP contribution in [-0.4, -0.2) is 5.91 Å². The summed E-state index contributed by atoms with van der Waals surface area (Å²) < 4.78 is 5.10. The first-order chi connectivity index (χ1) is 10.1. The molecule has 0 fully saturated rings. The predicted octanol–water partition coefficient (Wildman–Crippen LogP) is 2.48. The molecular weight excluding hydrogens is 266 g/mol. The number of benzene rings is 2. The Morgan fingerprint density at radius 3 is 2.48 bits per heavy atom. The summed E-state index contributed by atoms with van der Waals surface area (Å²) in [6.07, 6.45) is 0.766. The van der Waals surface area contributed by atoms with E-state index in [0.717, 1.165) is 12.0 Å². The highest BCUT2D eigenvalue weighted by molar-refractivity contribution is 5.95. The number of hydrogen-bond donors (Lipinski definition) is 1. The Kier molecular flexibility index (Phi) is 3.28. The van der Waals surface area contributed by atoms with Crippen molar-refractivity contribution in [1.29, 1.82) is 0 Å². The molecule has 0 aliphatic rings. The highest BCUT2D eigenvalue weighted by atomic mass is 16.4. The van der Waals surface area contributed by atoms with E-state index in [-0.39, 0.29) is 5.56 Å². The Morgan fingerprint density at radius 1 is 1.00 bits per heavy atom. The van der Waals surface area contributed by atoms with Crippen molar-refractivity contribution in [3.8, 4) is 0 Å². The minimum Gasteiger partial charge on any atom is -0.422 e. The second kappa shape index (κ2) is 5.25. The molecule has 1 amide bonds. The van der Waals surface area contributed by atoms with Crippen LogP contribution < -0.4 is 11.4 Å². The Morgan fingerprint density at radius 2 is 1.76 bits per heavy atom. The minimum absolute atomic E-state index is 0.126. The summed E-state index contributed by atoms with van der Waals surface area (Å²) in [4.78, 5) is 22.8. The average molecular weight is 279 g/mol. The van der Waals surface area contributed by atoms with Gasteiger partial charge < -0.3 is 10.2 Å². The zero-order valence-corrected chi connectivity index (χ0v) is 11.2. The van der Waals surface area contributed by atoms with Gasteiger partial charge in [-0.2, -0.15) is 0 Å². The minimum atomic E-state index is -0.779. The Balaban J connectivity index is 2.05. The van der Waals surface area contributed by atoms with Crippen LogP contribution in [0.2, 0.25) is 0 Å². The summed E-state index contributed by atoms with van der Waals surface area (Å²) in [5.41, 5.74) is 7.04. The number of primary amides is 1. The zero-order valence-electron chi connectivity index (χ0n) is 11.2. The first kappa shape index (κ1) is 13.1. The maximum absolute atomic E-state index is 11.6. The smallest absolute Gasteiger partial charge is 0.349 e. The van der Waals surface area contributed by atoms with Crippen molar-refractivity contribution in [2.24, 2.45) is 5.73 Å². The molecule has 4 nitrogen and oxygen atoms in total. The van der Waals surface area contributed by atoms with Crippen LogP contribution >= 0.6 is 0 Å². The number of carbonyl (C=O) groups is 1. The van der Waals surface area contributed by atoms with Crippen molar-refractivity contribution in [1.82, 2.24) is 0 Å². The largest absolute Gasteiger partial charge is 0.422 e. The lowest BCUT2D eigenvalue weighted by molar-refractivity contribution is 0.0997. The lowest BCUT2D eigenvalue weighted by atomic mass is 10.0. The van der Waals surface area contributed by atoms with Crippen LogP contribution in [0.5, 0.6) is 0 Å². The van der Waals surface area contributed by atoms with Gasteiger partial charge in [0.1, 0.15) is 11.1 Å². The number of amides is 1. The van der Waals surface area contributed by atoms with Gasteiger partial charge >= 0.3 is 5.63 Å². The Bertz CT molecular complexity index is 866. The first-order valence-electron chi connectivity index (χ1n) is 6.54. The molecule has 0 saturated heterocycles. The van der Waals surface area contributed by atoms with Gasteiger partial charge in [-0.25, -0.2) is 4.79 Å². The summed E-state index contributed by atoms with van der Waals surface area (Å²) >= 11 is 0. The van der Waals surface area contributed by atoms with Crippen LogP contribution in [0, 0.1) is 0 Å². The Labute approximate surface area is 120 Å². The molecule has 0 radical (unpaired) electrons. The van der Waals surface area contributed by atoms with E-state index in [0.29, 0.717) is 11.0 Å². The molecule has 104 valence electrons. The van der Waals surface area contributed by atoms with Crippen molar-refractivity contribution in [3.63, 3.8) is 0 Å². The molecule has 2 aromatic carbocycles. The van der Waals surface area contributed by atoms with Gasteiger partial charge in [0.25, 0.3) is 5.91 Å². The number of carbonyl (C=O) groups excluding carboxylic acids is 1. The lowest BCUT2D eigenvalue weighted by Gasteiger charge is -2.04. The highest BCUT2D eigenvalue weighted by Crippen LogP contribution is 2.18. The second-order valence-corrected chi connectivity index (χ2v) is 4.85. The number of rotatable bonds is 3. The Hall–Kier alpha value is -2.88. The standard InChI is InChI=1S/C17H13NO3/c18-16(19)14-10-13-9-12(6-7-15(13)21-17(14)20)8-11-4-2-1-3-5-11/h1-7,9-10H,8H2,(H2,18,19). The van der Waals surface area contributed by atoms with Gasteiger partial charge in [-0.15, -0.1) is 0 Å². The van der Waals surface area contributed by atoms with Crippen molar-refractivity contribution in [2.75, 3.05) is 0 Å². The predicted molar refractivity (Wildman–Crippen MR) is 80.2 cm³/mol. The van der Waals surface area contributed by atoms with E-state index in [9.17, 15) is 9.59 Å². The van der Waals surface area contributed by atoms with Crippen LogP contribution in [0.1, 0.15) is 21.5 Å². The average Bonchev–Trinajstić information content (AvgIpc) is 2.47. The van der Waals surface area contributed by atoms with E-state index < -0.39 is 11.5 Å². The lowest BCUT2D eigenvalue weighted by Crippen LogP contribution is -2.20. The van der Waals surface area contributed by atoms with Gasteiger partial charge in [0, 0.05) is 5.39 Å². The van der Waals surface area contributed by atoms with Gasteiger partial charge in [0.2, 0.25) is 0 Å². The molecule has 1 heterocycles. The van der Waals surface area contributed by atoms with Crippen molar-refractivity contribution in [3.05, 3.63) is 81.7 Å². The van der Waals surface area contributed by atoms with Crippen molar-refractivity contribution >= 4 is 16.9 Å². The molecule has 0 aliphatic heterocycles. The summed E-state index contributed by atoms with van der Waals surface area (Å²) in [7, 11) is 0. The van der Waals surface area contributed by atoms with Crippen LogP contribution in [0.15, 0.2) is 63.8 Å². The van der Waals surface area contributed by atoms with Gasteiger partial charge in [-0.05, 0) is 35.7 Å². The quantitative estimate of drug-likeness (QED) is 0.748. The summed E-state index contributed by atoms with van der Waals surface area (Å²) in [6.45, 7) is 0. The van der Waals surface area contributed by atoms with E-state index in [1.54, 1.807) is 6.07 Å². The topological polar surface area (TPSA) is 73.3 Å². The third-order valence-corrected chi connectivity index (χ3v) is 3.31. The normalized spacial score (nSPS) is 10.7. The van der Waals surface area contributed by atoms with Crippen molar-refractivity contribution < 1.29 is 9.21 Å². The second-order valence-electron chi connectivity index (χ2n) is 4.85. The summed E-state index contributed by atoms with van der Waals surface area (Å²) in [5.74, 6) is -0.779. The fourth-order valence-corrected chi connectivity index (χ4v) is 2.29. The molecule has 1 aromatic heterocycles. The fourth-order valence-electron chi connectivity index (χ4n) is 2.29. The van der Waals surface area contributed by atoms with Crippen LogP contribution in [-0.2, 0) is 6.42 Å². The van der Waals surface area contributed by atoms with E-state index >= 15 is 0 Å². The third-order valence-electron chi connectivity index (χ3n) is 3.31. The fraction of sp³-hybridized carbons (Fsp3) is 0.0588. The first-order valence-corrected chi connectivity index (χ1v) is 6.54. The van der Waals surface area contributed by atoms with Crippen LogP contribution in [0.3, 0.4) is 0 Å². The van der Waals surface area contributed by atoms with E-state index in [1.165, 1.54) is 11.6 Å². The van der Waals surface area contributed by atoms with Gasteiger partial charge in [0.15, 0.2) is 0 Å². The molecule has 0 aliphatic carbocycles. The zero-order chi connectivity index (χ0) is 14.8. The molecule has 3 rings (SSSR count). The monoisotopic (exact) mass is 279 g/mol. The van der Waals surface area contributed by atoms with Gasteiger partial charge in [0.05, 0.1) is 0 Å². The molecule has 3 aromatic rings. The maximum atomic E-state index is 11.6. The van der Waals surface area contributed by atoms with Crippen LogP contribution in [0.4, 0.5) is 0 Å². The molecule has 0 saturated carbocycles. The van der Waals surface area contributed by atoms with E-state index in [4.69, 9.17) is 10.2 Å². The molecule has 0 spiro atoms. The summed E-state index contributed by atoms with van der Waals surface area (Å²) in [5, 5.41) is 0.692. The number of fused-ring (bicyclic) bond motifs is 1. The van der Waals surface area contributed by atoms with E-state index in [1.807, 2.05) is 42.5 Å². The van der Waals surface area contributed by atoms with Gasteiger partial charge in [-0.1, -0.05) is 36.4 Å². The third kappa shape index (κ3) is 2.69. The maximum Gasteiger partial charge on any atom is 0.349 e. The number of hydrogen-bond acceptors (Lipinski definition) is 3. The molecule has 0 unspecified atom stereocenters. The number of nitrogens with two attached hydrogens (primary N) is 1. The molecule has 21 heavy (non-hydrogen) atoms. The molecule has 0 atom stereocenters. The highest BCUT2D eigenvalue weighted by Gasteiger charge is 2.10. The van der Waals surface area contributed by atoms with E-state index in [2.05, 4.69) is 0 Å². The molecule has 2 N–H and O–H groups in total. The summed E-state index contributed by atoms with van der Waals surface area (Å²) in [6, 6.07) is 17.1. The SMILES string of the molecule is NC(=O)c1cc2cc(Cc3ccccc3)ccc2oc1=O. The molecule has 0 bridgehead atoms. The van der Waals surface area contributed by atoms with Crippen molar-refractivity contribution in [2.45, 2.75) is 6.42 Å².